The SMILES string of the molecule is N#Cc1ccc(OC2CCCCC2N)cc1Cl. The minimum atomic E-state index is 0.0627. The molecule has 1 aromatic carbocycles. The van der Waals surface area contributed by atoms with E-state index in [9.17, 15) is 0 Å². The summed E-state index contributed by atoms with van der Waals surface area (Å²) >= 11 is 5.95. The second-order valence-electron chi connectivity index (χ2n) is 4.36. The summed E-state index contributed by atoms with van der Waals surface area (Å²) in [5.74, 6) is 0.691. The first-order valence-corrected chi connectivity index (χ1v) is 6.20. The molecule has 4 heteroatoms. The first kappa shape index (κ1) is 12.2. The highest BCUT2D eigenvalue weighted by Gasteiger charge is 2.23. The second-order valence-corrected chi connectivity index (χ2v) is 4.77. The van der Waals surface area contributed by atoms with Crippen LogP contribution in [-0.2, 0) is 0 Å². The van der Waals surface area contributed by atoms with Gasteiger partial charge < -0.3 is 10.5 Å². The third-order valence-corrected chi connectivity index (χ3v) is 3.41. The van der Waals surface area contributed by atoms with Crippen molar-refractivity contribution in [2.75, 3.05) is 0 Å². The Kier molecular flexibility index (Phi) is 3.88. The summed E-state index contributed by atoms with van der Waals surface area (Å²) in [7, 11) is 0. The van der Waals surface area contributed by atoms with Gasteiger partial charge in [0.25, 0.3) is 0 Å². The van der Waals surface area contributed by atoms with Crippen LogP contribution >= 0.6 is 11.6 Å². The number of nitriles is 1. The van der Waals surface area contributed by atoms with Gasteiger partial charge >= 0.3 is 0 Å². The molecule has 2 rings (SSSR count). The number of hydrogen-bond donors (Lipinski definition) is 1. The average Bonchev–Trinajstić information content (AvgIpc) is 2.32. The molecule has 0 bridgehead atoms. The van der Waals surface area contributed by atoms with Crippen LogP contribution in [-0.4, -0.2) is 12.1 Å². The van der Waals surface area contributed by atoms with Gasteiger partial charge in [0, 0.05) is 12.1 Å². The second kappa shape index (κ2) is 5.39. The van der Waals surface area contributed by atoms with Crippen LogP contribution in [0.2, 0.25) is 5.02 Å². The summed E-state index contributed by atoms with van der Waals surface area (Å²) in [6.45, 7) is 0. The summed E-state index contributed by atoms with van der Waals surface area (Å²) in [6.07, 6.45) is 4.39. The van der Waals surface area contributed by atoms with Crippen molar-refractivity contribution in [3.63, 3.8) is 0 Å². The quantitative estimate of drug-likeness (QED) is 0.878. The van der Waals surface area contributed by atoms with Gasteiger partial charge in [-0.1, -0.05) is 18.0 Å². The van der Waals surface area contributed by atoms with E-state index in [1.54, 1.807) is 18.2 Å². The first-order valence-electron chi connectivity index (χ1n) is 5.82. The lowest BCUT2D eigenvalue weighted by Crippen LogP contribution is -2.41. The average molecular weight is 251 g/mol. The number of nitrogens with two attached hydrogens (primary N) is 1. The molecule has 0 heterocycles. The van der Waals surface area contributed by atoms with Gasteiger partial charge in [-0.25, -0.2) is 0 Å². The van der Waals surface area contributed by atoms with Crippen LogP contribution < -0.4 is 10.5 Å². The maximum absolute atomic E-state index is 8.78. The van der Waals surface area contributed by atoms with Gasteiger partial charge in [-0.2, -0.15) is 5.26 Å². The Morgan fingerprint density at radius 2 is 2.12 bits per heavy atom. The van der Waals surface area contributed by atoms with Crippen molar-refractivity contribution in [3.8, 4) is 11.8 Å². The zero-order chi connectivity index (χ0) is 12.3. The third kappa shape index (κ3) is 2.91. The Bertz CT molecular complexity index is 442. The Labute approximate surface area is 106 Å². The maximum Gasteiger partial charge on any atom is 0.121 e. The zero-order valence-electron chi connectivity index (χ0n) is 9.53. The molecule has 0 amide bonds. The van der Waals surface area contributed by atoms with Crippen LogP contribution in [0.3, 0.4) is 0 Å². The molecule has 2 N–H and O–H groups in total. The van der Waals surface area contributed by atoms with E-state index < -0.39 is 0 Å². The molecule has 2 atom stereocenters. The van der Waals surface area contributed by atoms with Gasteiger partial charge in [0.05, 0.1) is 10.6 Å². The molecule has 1 aromatic rings. The molecule has 0 saturated heterocycles. The lowest BCUT2D eigenvalue weighted by molar-refractivity contribution is 0.132. The largest absolute Gasteiger partial charge is 0.489 e. The van der Waals surface area contributed by atoms with Gasteiger partial charge in [-0.15, -0.1) is 0 Å². The van der Waals surface area contributed by atoms with Crippen LogP contribution in [0.5, 0.6) is 5.75 Å². The fourth-order valence-corrected chi connectivity index (χ4v) is 2.32. The highest BCUT2D eigenvalue weighted by atomic mass is 35.5. The highest BCUT2D eigenvalue weighted by Crippen LogP contribution is 2.26. The monoisotopic (exact) mass is 250 g/mol. The van der Waals surface area contributed by atoms with Gasteiger partial charge in [-0.3, -0.25) is 0 Å². The number of benzene rings is 1. The number of rotatable bonds is 2. The normalized spacial score (nSPS) is 24.1. The predicted octanol–water partition coefficient (Wildman–Crippen LogP) is 2.86. The molecular formula is C13H15ClN2O. The van der Waals surface area contributed by atoms with Crippen molar-refractivity contribution < 1.29 is 4.74 Å². The number of nitrogens with zero attached hydrogens (tertiary/aromatic N) is 1. The summed E-state index contributed by atoms with van der Waals surface area (Å²) in [5, 5.41) is 9.20. The molecule has 17 heavy (non-hydrogen) atoms. The van der Waals surface area contributed by atoms with Crippen molar-refractivity contribution in [3.05, 3.63) is 28.8 Å². The van der Waals surface area contributed by atoms with E-state index in [1.807, 2.05) is 6.07 Å². The van der Waals surface area contributed by atoms with Crippen molar-refractivity contribution in [1.82, 2.24) is 0 Å². The van der Waals surface area contributed by atoms with E-state index in [0.717, 1.165) is 19.3 Å². The molecule has 1 aliphatic rings. The Morgan fingerprint density at radius 1 is 1.35 bits per heavy atom. The van der Waals surface area contributed by atoms with Crippen LogP contribution in [0.1, 0.15) is 31.2 Å². The Morgan fingerprint density at radius 3 is 2.76 bits per heavy atom. The maximum atomic E-state index is 8.78. The van der Waals surface area contributed by atoms with Crippen LogP contribution in [0.25, 0.3) is 0 Å². The lowest BCUT2D eigenvalue weighted by Gasteiger charge is -2.29. The Balaban J connectivity index is 2.08. The number of halogens is 1. The molecule has 3 nitrogen and oxygen atoms in total. The lowest BCUT2D eigenvalue weighted by atomic mass is 9.93. The first-order chi connectivity index (χ1) is 8.20. The van der Waals surface area contributed by atoms with Gasteiger partial charge in [-0.05, 0) is 31.4 Å². The molecule has 1 aliphatic carbocycles. The summed E-state index contributed by atoms with van der Waals surface area (Å²) in [4.78, 5) is 0. The van der Waals surface area contributed by atoms with Crippen molar-refractivity contribution in [1.29, 1.82) is 5.26 Å². The molecule has 0 spiro atoms. The fraction of sp³-hybridized carbons (Fsp3) is 0.462. The van der Waals surface area contributed by atoms with Crippen molar-refractivity contribution in [2.45, 2.75) is 37.8 Å². The molecule has 1 saturated carbocycles. The molecule has 0 aliphatic heterocycles. The van der Waals surface area contributed by atoms with E-state index in [-0.39, 0.29) is 12.1 Å². The summed E-state index contributed by atoms with van der Waals surface area (Å²) in [6, 6.07) is 7.24. The summed E-state index contributed by atoms with van der Waals surface area (Å²) in [5.41, 5.74) is 6.48. The van der Waals surface area contributed by atoms with E-state index in [4.69, 9.17) is 27.3 Å². The van der Waals surface area contributed by atoms with E-state index in [1.165, 1.54) is 6.42 Å². The number of hydrogen-bond acceptors (Lipinski definition) is 3. The number of ether oxygens (including phenoxy) is 1. The van der Waals surface area contributed by atoms with Crippen molar-refractivity contribution in [2.24, 2.45) is 5.73 Å². The molecule has 0 aromatic heterocycles. The molecule has 1 fully saturated rings. The highest BCUT2D eigenvalue weighted by molar-refractivity contribution is 6.31. The van der Waals surface area contributed by atoms with Gasteiger partial charge in [0.15, 0.2) is 0 Å². The van der Waals surface area contributed by atoms with Crippen molar-refractivity contribution >= 4 is 11.6 Å². The minimum Gasteiger partial charge on any atom is -0.489 e. The smallest absolute Gasteiger partial charge is 0.121 e. The van der Waals surface area contributed by atoms with Gasteiger partial charge in [0.2, 0.25) is 0 Å². The predicted molar refractivity (Wildman–Crippen MR) is 67.0 cm³/mol. The summed E-state index contributed by atoms with van der Waals surface area (Å²) < 4.78 is 5.83. The topological polar surface area (TPSA) is 59.0 Å². The molecular weight excluding hydrogens is 236 g/mol. The minimum absolute atomic E-state index is 0.0627. The van der Waals surface area contributed by atoms with Crippen LogP contribution in [0.4, 0.5) is 0 Å². The standard InChI is InChI=1S/C13H15ClN2O/c14-11-7-10(6-5-9(11)8-15)17-13-4-2-1-3-12(13)16/h5-7,12-13H,1-4,16H2. The Hall–Kier alpha value is -1.24. The van der Waals surface area contributed by atoms with E-state index in [0.29, 0.717) is 16.3 Å². The molecule has 90 valence electrons. The third-order valence-electron chi connectivity index (χ3n) is 3.10. The van der Waals surface area contributed by atoms with E-state index in [2.05, 4.69) is 0 Å². The van der Waals surface area contributed by atoms with Crippen LogP contribution in [0.15, 0.2) is 18.2 Å². The molecule has 2 unspecified atom stereocenters. The van der Waals surface area contributed by atoms with Gasteiger partial charge in [0.1, 0.15) is 17.9 Å². The van der Waals surface area contributed by atoms with Crippen LogP contribution in [0, 0.1) is 11.3 Å². The van der Waals surface area contributed by atoms with E-state index >= 15 is 0 Å². The zero-order valence-corrected chi connectivity index (χ0v) is 10.3. The fourth-order valence-electron chi connectivity index (χ4n) is 2.11. The molecule has 0 radical (unpaired) electrons.